The number of hydrogen-bond acceptors (Lipinski definition) is 4. The van der Waals surface area contributed by atoms with Crippen molar-refractivity contribution in [1.82, 2.24) is 10.2 Å². The molecule has 0 spiro atoms. The molecule has 7 nitrogen and oxygen atoms in total. The minimum Gasteiger partial charge on any atom is -0.491 e. The van der Waals surface area contributed by atoms with Crippen LogP contribution in [0.15, 0.2) is 54.2 Å². The fourth-order valence-corrected chi connectivity index (χ4v) is 2.91. The maximum atomic E-state index is 12.6. The molecule has 1 heterocycles. The van der Waals surface area contributed by atoms with Crippen LogP contribution in [0.4, 0.5) is 10.5 Å². The van der Waals surface area contributed by atoms with Gasteiger partial charge in [-0.05, 0) is 61.7 Å². The Bertz CT molecular complexity index is 982. The number of carbonyl (C=O) groups excluding carboxylic acids is 3. The van der Waals surface area contributed by atoms with Crippen LogP contribution in [0.1, 0.15) is 31.4 Å². The first-order valence-corrected chi connectivity index (χ1v) is 9.83. The fourth-order valence-electron chi connectivity index (χ4n) is 2.91. The van der Waals surface area contributed by atoms with Gasteiger partial charge in [-0.25, -0.2) is 9.69 Å². The number of imide groups is 1. The van der Waals surface area contributed by atoms with Gasteiger partial charge in [0.25, 0.3) is 5.91 Å². The van der Waals surface area contributed by atoms with Crippen LogP contribution in [0.2, 0.25) is 0 Å². The molecule has 2 aromatic carbocycles. The highest BCUT2D eigenvalue weighted by atomic mass is 16.5. The number of urea groups is 1. The molecular formula is C23H25N3O4. The van der Waals surface area contributed by atoms with Gasteiger partial charge in [0.2, 0.25) is 5.91 Å². The van der Waals surface area contributed by atoms with Crippen LogP contribution in [-0.4, -0.2) is 35.4 Å². The molecule has 4 amide bonds. The molecule has 1 saturated heterocycles. The number of anilines is 1. The van der Waals surface area contributed by atoms with Crippen molar-refractivity contribution < 1.29 is 19.1 Å². The Morgan fingerprint density at radius 2 is 1.93 bits per heavy atom. The van der Waals surface area contributed by atoms with Gasteiger partial charge in [0.1, 0.15) is 18.0 Å². The van der Waals surface area contributed by atoms with Gasteiger partial charge in [-0.1, -0.05) is 31.2 Å². The summed E-state index contributed by atoms with van der Waals surface area (Å²) in [6, 6.07) is 13.9. The Balaban J connectivity index is 1.64. The number of nitrogens with zero attached hydrogens (tertiary/aromatic N) is 1. The van der Waals surface area contributed by atoms with Crippen LogP contribution in [0.25, 0.3) is 6.08 Å². The van der Waals surface area contributed by atoms with Gasteiger partial charge in [-0.2, -0.15) is 0 Å². The molecule has 0 aliphatic carbocycles. The highest BCUT2D eigenvalue weighted by Gasteiger charge is 2.34. The lowest BCUT2D eigenvalue weighted by atomic mass is 10.2. The van der Waals surface area contributed by atoms with Crippen molar-refractivity contribution in [2.24, 2.45) is 0 Å². The second-order valence-corrected chi connectivity index (χ2v) is 7.20. The third kappa shape index (κ3) is 5.26. The van der Waals surface area contributed by atoms with Crippen molar-refractivity contribution >= 4 is 29.6 Å². The number of ether oxygens (including phenoxy) is 1. The lowest BCUT2D eigenvalue weighted by Gasteiger charge is -2.12. The highest BCUT2D eigenvalue weighted by Crippen LogP contribution is 2.19. The molecule has 3 rings (SSSR count). The molecule has 0 radical (unpaired) electrons. The molecule has 1 fully saturated rings. The van der Waals surface area contributed by atoms with Crippen LogP contribution in [0.3, 0.4) is 0 Å². The second-order valence-electron chi connectivity index (χ2n) is 7.20. The summed E-state index contributed by atoms with van der Waals surface area (Å²) in [7, 11) is 0. The van der Waals surface area contributed by atoms with E-state index in [1.165, 1.54) is 0 Å². The minimum absolute atomic E-state index is 0.115. The van der Waals surface area contributed by atoms with Gasteiger partial charge in [-0.3, -0.25) is 9.59 Å². The molecule has 0 aromatic heterocycles. The number of rotatable bonds is 7. The summed E-state index contributed by atoms with van der Waals surface area (Å²) in [4.78, 5) is 37.9. The third-order valence-corrected chi connectivity index (χ3v) is 4.67. The Morgan fingerprint density at radius 1 is 1.20 bits per heavy atom. The fraction of sp³-hybridized carbons (Fsp3) is 0.261. The van der Waals surface area contributed by atoms with Gasteiger partial charge in [0, 0.05) is 5.69 Å². The summed E-state index contributed by atoms with van der Waals surface area (Å²) < 4.78 is 5.73. The zero-order chi connectivity index (χ0) is 21.7. The zero-order valence-corrected chi connectivity index (χ0v) is 17.3. The van der Waals surface area contributed by atoms with Crippen LogP contribution < -0.4 is 15.4 Å². The second kappa shape index (κ2) is 9.26. The van der Waals surface area contributed by atoms with Crippen molar-refractivity contribution in [3.05, 3.63) is 65.4 Å². The van der Waals surface area contributed by atoms with Crippen molar-refractivity contribution in [2.75, 3.05) is 11.9 Å². The van der Waals surface area contributed by atoms with Crippen molar-refractivity contribution in [1.29, 1.82) is 0 Å². The molecule has 1 aliphatic heterocycles. The number of amides is 4. The summed E-state index contributed by atoms with van der Waals surface area (Å²) >= 11 is 0. The van der Waals surface area contributed by atoms with E-state index >= 15 is 0 Å². The molecule has 0 saturated carbocycles. The number of benzene rings is 2. The van der Waals surface area contributed by atoms with Gasteiger partial charge < -0.3 is 15.4 Å². The number of aryl methyl sites for hydroxylation is 1. The van der Waals surface area contributed by atoms with E-state index in [-0.39, 0.29) is 18.3 Å². The molecular weight excluding hydrogens is 382 g/mol. The standard InChI is InChI=1S/C23H25N3O4/c1-4-16(3)30-19-10-8-17(9-11-19)13-20-22(28)26(23(29)25-20)14-21(27)24-18-7-5-6-15(2)12-18/h5-13,16H,4,14H2,1-3H3,(H,24,27)(H,25,29)/b20-13+/t16-/m0/s1. The average Bonchev–Trinajstić information content (AvgIpc) is 2.96. The maximum Gasteiger partial charge on any atom is 0.329 e. The predicted octanol–water partition coefficient (Wildman–Crippen LogP) is 3.70. The highest BCUT2D eigenvalue weighted by molar-refractivity contribution is 6.15. The van der Waals surface area contributed by atoms with E-state index in [1.807, 2.05) is 51.1 Å². The SMILES string of the molecule is CC[C@H](C)Oc1ccc(/C=C2/NC(=O)N(CC(=O)Nc3cccc(C)c3)C2=O)cc1. The van der Waals surface area contributed by atoms with E-state index in [0.29, 0.717) is 5.69 Å². The van der Waals surface area contributed by atoms with Gasteiger partial charge in [0.15, 0.2) is 0 Å². The van der Waals surface area contributed by atoms with Crippen LogP contribution in [0, 0.1) is 6.92 Å². The van der Waals surface area contributed by atoms with E-state index in [4.69, 9.17) is 4.74 Å². The number of nitrogens with one attached hydrogen (secondary N) is 2. The zero-order valence-electron chi connectivity index (χ0n) is 17.3. The molecule has 1 atom stereocenters. The Kier molecular flexibility index (Phi) is 6.51. The third-order valence-electron chi connectivity index (χ3n) is 4.67. The lowest BCUT2D eigenvalue weighted by Crippen LogP contribution is -2.38. The predicted molar refractivity (Wildman–Crippen MR) is 115 cm³/mol. The summed E-state index contributed by atoms with van der Waals surface area (Å²) in [6.45, 7) is 5.59. The molecule has 2 aromatic rings. The van der Waals surface area contributed by atoms with E-state index in [1.54, 1.807) is 24.3 Å². The Labute approximate surface area is 175 Å². The summed E-state index contributed by atoms with van der Waals surface area (Å²) in [5, 5.41) is 5.22. The molecule has 0 bridgehead atoms. The normalized spacial score (nSPS) is 15.8. The Hall–Kier alpha value is -3.61. The van der Waals surface area contributed by atoms with Crippen molar-refractivity contribution in [2.45, 2.75) is 33.3 Å². The van der Waals surface area contributed by atoms with E-state index in [2.05, 4.69) is 10.6 Å². The first-order chi connectivity index (χ1) is 14.4. The van der Waals surface area contributed by atoms with Gasteiger partial charge >= 0.3 is 6.03 Å². The van der Waals surface area contributed by atoms with Crippen LogP contribution in [0.5, 0.6) is 5.75 Å². The Morgan fingerprint density at radius 3 is 2.60 bits per heavy atom. The molecule has 2 N–H and O–H groups in total. The molecule has 0 unspecified atom stereocenters. The van der Waals surface area contributed by atoms with Crippen molar-refractivity contribution in [3.8, 4) is 5.75 Å². The lowest BCUT2D eigenvalue weighted by molar-refractivity contribution is -0.127. The quantitative estimate of drug-likeness (QED) is 0.541. The minimum atomic E-state index is -0.623. The van der Waals surface area contributed by atoms with E-state index < -0.39 is 17.8 Å². The smallest absolute Gasteiger partial charge is 0.329 e. The first kappa shape index (κ1) is 21.1. The number of carbonyl (C=O) groups is 3. The summed E-state index contributed by atoms with van der Waals surface area (Å²) in [6.07, 6.45) is 2.59. The summed E-state index contributed by atoms with van der Waals surface area (Å²) in [5.41, 5.74) is 2.47. The van der Waals surface area contributed by atoms with E-state index in [0.717, 1.165) is 28.2 Å². The molecule has 30 heavy (non-hydrogen) atoms. The molecule has 1 aliphatic rings. The number of hydrogen-bond donors (Lipinski definition) is 2. The molecule has 156 valence electrons. The van der Waals surface area contributed by atoms with E-state index in [9.17, 15) is 14.4 Å². The summed E-state index contributed by atoms with van der Waals surface area (Å²) in [5.74, 6) is -0.251. The average molecular weight is 407 g/mol. The monoisotopic (exact) mass is 407 g/mol. The molecule has 7 heteroatoms. The van der Waals surface area contributed by atoms with Gasteiger partial charge in [0.05, 0.1) is 6.10 Å². The largest absolute Gasteiger partial charge is 0.491 e. The maximum absolute atomic E-state index is 12.6. The van der Waals surface area contributed by atoms with Crippen molar-refractivity contribution in [3.63, 3.8) is 0 Å². The topological polar surface area (TPSA) is 87.7 Å². The van der Waals surface area contributed by atoms with Crippen LogP contribution >= 0.6 is 0 Å². The first-order valence-electron chi connectivity index (χ1n) is 9.83. The van der Waals surface area contributed by atoms with Gasteiger partial charge in [-0.15, -0.1) is 0 Å². The van der Waals surface area contributed by atoms with Crippen LogP contribution in [-0.2, 0) is 9.59 Å².